The molecule has 3 rings (SSSR count). The molecule has 0 bridgehead atoms. The summed E-state index contributed by atoms with van der Waals surface area (Å²) in [5.41, 5.74) is 0.745. The second-order valence-electron chi connectivity index (χ2n) is 5.43. The number of furan rings is 1. The molecule has 0 aliphatic heterocycles. The number of nitrogens with one attached hydrogen (secondary N) is 1. The highest BCUT2D eigenvalue weighted by molar-refractivity contribution is 6.33. The zero-order valence-electron chi connectivity index (χ0n) is 14.2. The summed E-state index contributed by atoms with van der Waals surface area (Å²) in [5.74, 6) is 1.86. The van der Waals surface area contributed by atoms with Crippen LogP contribution in [0.2, 0.25) is 5.02 Å². The molecule has 0 aliphatic carbocycles. The highest BCUT2D eigenvalue weighted by atomic mass is 35.5. The molecule has 0 atom stereocenters. The van der Waals surface area contributed by atoms with Gasteiger partial charge >= 0.3 is 0 Å². The van der Waals surface area contributed by atoms with E-state index >= 15 is 0 Å². The summed E-state index contributed by atoms with van der Waals surface area (Å²) in [6, 6.07) is 17.9. The zero-order valence-corrected chi connectivity index (χ0v) is 15.0. The standard InChI is InChI=1S/C20H18ClNO4/c1-24-14-5-4-6-15(13-14)25-12-11-22-20(23)19-10-9-18(26-19)16-7-2-3-8-17(16)21/h2-10,13H,11-12H2,1H3,(H,22,23). The van der Waals surface area contributed by atoms with E-state index in [0.29, 0.717) is 35.4 Å². The average molecular weight is 372 g/mol. The van der Waals surface area contributed by atoms with E-state index in [2.05, 4.69) is 5.32 Å². The molecule has 1 N–H and O–H groups in total. The second-order valence-corrected chi connectivity index (χ2v) is 5.83. The Morgan fingerprint density at radius 2 is 1.88 bits per heavy atom. The fraction of sp³-hybridized carbons (Fsp3) is 0.150. The molecule has 6 heteroatoms. The van der Waals surface area contributed by atoms with Gasteiger partial charge in [-0.15, -0.1) is 0 Å². The lowest BCUT2D eigenvalue weighted by atomic mass is 10.2. The van der Waals surface area contributed by atoms with Crippen molar-refractivity contribution < 1.29 is 18.7 Å². The Bertz CT molecular complexity index is 891. The Morgan fingerprint density at radius 3 is 2.69 bits per heavy atom. The molecule has 134 valence electrons. The minimum atomic E-state index is -0.308. The highest BCUT2D eigenvalue weighted by Gasteiger charge is 2.13. The van der Waals surface area contributed by atoms with Gasteiger partial charge in [0.1, 0.15) is 23.9 Å². The van der Waals surface area contributed by atoms with Gasteiger partial charge < -0.3 is 19.2 Å². The molecule has 0 radical (unpaired) electrons. The lowest BCUT2D eigenvalue weighted by molar-refractivity contribution is 0.0920. The monoisotopic (exact) mass is 371 g/mol. The van der Waals surface area contributed by atoms with Gasteiger partial charge in [0.2, 0.25) is 0 Å². The minimum Gasteiger partial charge on any atom is -0.497 e. The maximum Gasteiger partial charge on any atom is 0.287 e. The van der Waals surface area contributed by atoms with Crippen molar-refractivity contribution in [2.24, 2.45) is 0 Å². The number of rotatable bonds is 7. The van der Waals surface area contributed by atoms with Crippen molar-refractivity contribution >= 4 is 17.5 Å². The molecule has 0 saturated heterocycles. The van der Waals surface area contributed by atoms with E-state index in [4.69, 9.17) is 25.5 Å². The van der Waals surface area contributed by atoms with Crippen LogP contribution < -0.4 is 14.8 Å². The number of amides is 1. The number of carbonyl (C=O) groups is 1. The van der Waals surface area contributed by atoms with Crippen LogP contribution in [0.15, 0.2) is 65.1 Å². The predicted octanol–water partition coefficient (Wildman–Crippen LogP) is 4.42. The smallest absolute Gasteiger partial charge is 0.287 e. The molecule has 5 nitrogen and oxygen atoms in total. The van der Waals surface area contributed by atoms with Gasteiger partial charge in [0.05, 0.1) is 18.7 Å². The fourth-order valence-corrected chi connectivity index (χ4v) is 2.61. The first-order chi connectivity index (χ1) is 12.7. The Labute approximate surface area is 156 Å². The van der Waals surface area contributed by atoms with Crippen molar-refractivity contribution in [3.8, 4) is 22.8 Å². The first kappa shape index (κ1) is 17.9. The number of hydrogen-bond donors (Lipinski definition) is 1. The summed E-state index contributed by atoms with van der Waals surface area (Å²) >= 11 is 6.14. The van der Waals surface area contributed by atoms with E-state index in [1.807, 2.05) is 36.4 Å². The van der Waals surface area contributed by atoms with Crippen LogP contribution >= 0.6 is 11.6 Å². The topological polar surface area (TPSA) is 60.7 Å². The average Bonchev–Trinajstić information content (AvgIpc) is 3.15. The van der Waals surface area contributed by atoms with Crippen LogP contribution in [-0.4, -0.2) is 26.2 Å². The number of benzene rings is 2. The number of methoxy groups -OCH3 is 1. The van der Waals surface area contributed by atoms with Gasteiger partial charge in [0, 0.05) is 11.6 Å². The third kappa shape index (κ3) is 4.37. The molecule has 3 aromatic rings. The Morgan fingerprint density at radius 1 is 1.08 bits per heavy atom. The largest absolute Gasteiger partial charge is 0.497 e. The summed E-state index contributed by atoms with van der Waals surface area (Å²) in [7, 11) is 1.60. The number of halogens is 1. The van der Waals surface area contributed by atoms with Crippen LogP contribution in [-0.2, 0) is 0 Å². The van der Waals surface area contributed by atoms with E-state index in [9.17, 15) is 4.79 Å². The molecule has 1 amide bonds. The van der Waals surface area contributed by atoms with Crippen LogP contribution in [0.3, 0.4) is 0 Å². The van der Waals surface area contributed by atoms with Crippen molar-refractivity contribution in [2.75, 3.05) is 20.3 Å². The van der Waals surface area contributed by atoms with E-state index < -0.39 is 0 Å². The lowest BCUT2D eigenvalue weighted by Gasteiger charge is -2.08. The fourth-order valence-electron chi connectivity index (χ4n) is 2.38. The molecular weight excluding hydrogens is 354 g/mol. The molecule has 26 heavy (non-hydrogen) atoms. The van der Waals surface area contributed by atoms with Gasteiger partial charge in [-0.1, -0.05) is 29.8 Å². The summed E-state index contributed by atoms with van der Waals surface area (Å²) in [4.78, 5) is 12.2. The third-order valence-corrected chi connectivity index (χ3v) is 4.00. The summed E-state index contributed by atoms with van der Waals surface area (Å²) in [6.07, 6.45) is 0. The van der Waals surface area contributed by atoms with Gasteiger partial charge in [0.15, 0.2) is 5.76 Å². The van der Waals surface area contributed by atoms with E-state index in [1.54, 1.807) is 31.4 Å². The molecule has 1 heterocycles. The molecule has 1 aromatic heterocycles. The Balaban J connectivity index is 1.52. The summed E-state index contributed by atoms with van der Waals surface area (Å²) in [6.45, 7) is 0.676. The third-order valence-electron chi connectivity index (χ3n) is 3.67. The van der Waals surface area contributed by atoms with Crippen molar-refractivity contribution in [1.29, 1.82) is 0 Å². The summed E-state index contributed by atoms with van der Waals surface area (Å²) < 4.78 is 16.3. The molecule has 0 fully saturated rings. The van der Waals surface area contributed by atoms with Crippen LogP contribution in [0.1, 0.15) is 10.6 Å². The molecular formula is C20H18ClNO4. The quantitative estimate of drug-likeness (QED) is 0.624. The minimum absolute atomic E-state index is 0.223. The SMILES string of the molecule is COc1cccc(OCCNC(=O)c2ccc(-c3ccccc3Cl)o2)c1. The van der Waals surface area contributed by atoms with Crippen molar-refractivity contribution in [3.63, 3.8) is 0 Å². The second kappa shape index (κ2) is 8.45. The number of carbonyl (C=O) groups excluding carboxylic acids is 1. The van der Waals surface area contributed by atoms with Crippen molar-refractivity contribution in [2.45, 2.75) is 0 Å². The Hall–Kier alpha value is -2.92. The van der Waals surface area contributed by atoms with Gasteiger partial charge in [-0.25, -0.2) is 0 Å². The van der Waals surface area contributed by atoms with E-state index in [-0.39, 0.29) is 11.7 Å². The van der Waals surface area contributed by atoms with Crippen LogP contribution in [0.25, 0.3) is 11.3 Å². The van der Waals surface area contributed by atoms with Gasteiger partial charge in [-0.3, -0.25) is 4.79 Å². The summed E-state index contributed by atoms with van der Waals surface area (Å²) in [5, 5.41) is 3.33. The van der Waals surface area contributed by atoms with Crippen molar-refractivity contribution in [3.05, 3.63) is 71.4 Å². The van der Waals surface area contributed by atoms with Gasteiger partial charge in [0.25, 0.3) is 5.91 Å². The zero-order chi connectivity index (χ0) is 18.4. The normalized spacial score (nSPS) is 10.4. The van der Waals surface area contributed by atoms with E-state index in [0.717, 1.165) is 5.56 Å². The highest BCUT2D eigenvalue weighted by Crippen LogP contribution is 2.29. The van der Waals surface area contributed by atoms with Crippen LogP contribution in [0, 0.1) is 0 Å². The molecule has 0 saturated carbocycles. The maximum absolute atomic E-state index is 12.2. The number of ether oxygens (including phenoxy) is 2. The molecule has 0 unspecified atom stereocenters. The Kier molecular flexibility index (Phi) is 5.81. The van der Waals surface area contributed by atoms with Crippen molar-refractivity contribution in [1.82, 2.24) is 5.32 Å². The van der Waals surface area contributed by atoms with E-state index in [1.165, 1.54) is 0 Å². The molecule has 0 spiro atoms. The first-order valence-electron chi connectivity index (χ1n) is 8.07. The van der Waals surface area contributed by atoms with Crippen LogP contribution in [0.4, 0.5) is 0 Å². The van der Waals surface area contributed by atoms with Gasteiger partial charge in [-0.05, 0) is 36.4 Å². The lowest BCUT2D eigenvalue weighted by Crippen LogP contribution is -2.27. The van der Waals surface area contributed by atoms with Gasteiger partial charge in [-0.2, -0.15) is 0 Å². The number of hydrogen-bond acceptors (Lipinski definition) is 4. The maximum atomic E-state index is 12.2. The molecule has 0 aliphatic rings. The predicted molar refractivity (Wildman–Crippen MR) is 100.0 cm³/mol. The first-order valence-corrected chi connectivity index (χ1v) is 8.45. The molecule has 2 aromatic carbocycles. The van der Waals surface area contributed by atoms with Crippen LogP contribution in [0.5, 0.6) is 11.5 Å².